The lowest BCUT2D eigenvalue weighted by molar-refractivity contribution is 0.100. The lowest BCUT2D eigenvalue weighted by Crippen LogP contribution is -2.27. The molecule has 10 nitrogen and oxygen atoms in total. The Labute approximate surface area is 226 Å². The molecule has 0 radical (unpaired) electrons. The monoisotopic (exact) mass is 543 g/mol. The summed E-state index contributed by atoms with van der Waals surface area (Å²) in [5, 5.41) is 9.16. The zero-order chi connectivity index (χ0) is 27.3. The molecule has 11 heteroatoms. The van der Waals surface area contributed by atoms with Gasteiger partial charge in [-0.05, 0) is 49.2 Å². The van der Waals surface area contributed by atoms with E-state index >= 15 is 0 Å². The molecule has 0 bridgehead atoms. The molecule has 1 aliphatic rings. The van der Waals surface area contributed by atoms with Gasteiger partial charge in [-0.15, -0.1) is 5.10 Å². The van der Waals surface area contributed by atoms with Crippen LogP contribution >= 0.6 is 0 Å². The summed E-state index contributed by atoms with van der Waals surface area (Å²) in [6.45, 7) is 3.39. The van der Waals surface area contributed by atoms with E-state index in [0.29, 0.717) is 43.4 Å². The van der Waals surface area contributed by atoms with Crippen molar-refractivity contribution in [2.75, 3.05) is 24.7 Å². The third-order valence-electron chi connectivity index (χ3n) is 7.37. The highest BCUT2D eigenvalue weighted by Gasteiger charge is 2.32. The predicted molar refractivity (Wildman–Crippen MR) is 151 cm³/mol. The topological polar surface area (TPSA) is 128 Å². The number of benzene rings is 2. The van der Waals surface area contributed by atoms with Crippen LogP contribution in [0.5, 0.6) is 0 Å². The fourth-order valence-corrected chi connectivity index (χ4v) is 6.32. The summed E-state index contributed by atoms with van der Waals surface area (Å²) in [5.74, 6) is 0.586. The summed E-state index contributed by atoms with van der Waals surface area (Å²) >= 11 is 0. The molecule has 0 saturated carbocycles. The van der Waals surface area contributed by atoms with Crippen LogP contribution in [-0.4, -0.2) is 57.1 Å². The number of primary amides is 1. The molecule has 1 atom stereocenters. The van der Waals surface area contributed by atoms with Gasteiger partial charge in [0.1, 0.15) is 5.52 Å². The molecular formula is C28H29N7O3S. The van der Waals surface area contributed by atoms with Gasteiger partial charge >= 0.3 is 0 Å². The standard InChI is InChI=1S/C28H29N7O3S/c1-18-15-22-21(26(29)36)9-6-10-24(22)34(18)28-31-27(30-16-19-7-4-3-5-8-19)25-12-11-23(35(25)32-28)20-13-14-33(17-20)39(2,37)38/h3-12,15,20H,13-14,16-17H2,1-2H3,(H2,29,36)(H,30,31,32). The van der Waals surface area contributed by atoms with Crippen LogP contribution in [-0.2, 0) is 16.6 Å². The van der Waals surface area contributed by atoms with Crippen molar-refractivity contribution in [2.24, 2.45) is 5.73 Å². The number of amides is 1. The molecule has 4 heterocycles. The number of aromatic nitrogens is 4. The van der Waals surface area contributed by atoms with E-state index in [1.165, 1.54) is 10.6 Å². The number of nitrogens with two attached hydrogens (primary N) is 1. The van der Waals surface area contributed by atoms with Gasteiger partial charge in [-0.3, -0.25) is 9.36 Å². The van der Waals surface area contributed by atoms with Crippen molar-refractivity contribution in [1.29, 1.82) is 0 Å². The largest absolute Gasteiger partial charge is 0.366 e. The van der Waals surface area contributed by atoms with Crippen LogP contribution in [0.3, 0.4) is 0 Å². The number of nitrogens with one attached hydrogen (secondary N) is 1. The van der Waals surface area contributed by atoms with Gasteiger partial charge in [0.2, 0.25) is 15.9 Å². The Kier molecular flexibility index (Phi) is 6.12. The molecule has 6 rings (SSSR count). The second-order valence-electron chi connectivity index (χ2n) is 9.99. The van der Waals surface area contributed by atoms with E-state index in [9.17, 15) is 13.2 Å². The van der Waals surface area contributed by atoms with Crippen molar-refractivity contribution in [1.82, 2.24) is 23.5 Å². The first-order valence-corrected chi connectivity index (χ1v) is 14.6. The van der Waals surface area contributed by atoms with Crippen molar-refractivity contribution < 1.29 is 13.2 Å². The van der Waals surface area contributed by atoms with Crippen molar-refractivity contribution in [3.8, 4) is 5.95 Å². The van der Waals surface area contributed by atoms with Crippen LogP contribution in [0.2, 0.25) is 0 Å². The fraction of sp³-hybridized carbons (Fsp3) is 0.250. The molecule has 39 heavy (non-hydrogen) atoms. The molecule has 3 N–H and O–H groups in total. The Bertz CT molecular complexity index is 1830. The van der Waals surface area contributed by atoms with Gasteiger partial charge in [0, 0.05) is 47.9 Å². The van der Waals surface area contributed by atoms with Gasteiger partial charge in [-0.25, -0.2) is 17.2 Å². The molecule has 5 aromatic rings. The molecule has 0 aliphatic carbocycles. The van der Waals surface area contributed by atoms with Gasteiger partial charge in [0.15, 0.2) is 5.82 Å². The number of carbonyl (C=O) groups is 1. The Morgan fingerprint density at radius 1 is 1.08 bits per heavy atom. The second-order valence-corrected chi connectivity index (χ2v) is 12.0. The van der Waals surface area contributed by atoms with Crippen LogP contribution in [0, 0.1) is 6.92 Å². The lowest BCUT2D eigenvalue weighted by Gasteiger charge is -2.16. The minimum atomic E-state index is -3.27. The van der Waals surface area contributed by atoms with E-state index in [1.54, 1.807) is 12.1 Å². The number of carbonyl (C=O) groups excluding carboxylic acids is 1. The average molecular weight is 544 g/mol. The Hall–Kier alpha value is -4.22. The predicted octanol–water partition coefficient (Wildman–Crippen LogP) is 3.44. The van der Waals surface area contributed by atoms with Crippen molar-refractivity contribution in [3.63, 3.8) is 0 Å². The molecule has 2 aromatic carbocycles. The Balaban J connectivity index is 1.50. The van der Waals surface area contributed by atoms with Crippen LogP contribution in [0.4, 0.5) is 5.82 Å². The maximum absolute atomic E-state index is 12.2. The first-order chi connectivity index (χ1) is 18.7. The highest BCUT2D eigenvalue weighted by molar-refractivity contribution is 7.88. The number of nitrogens with zero attached hydrogens (tertiary/aromatic N) is 5. The summed E-state index contributed by atoms with van der Waals surface area (Å²) < 4.78 is 29.7. The van der Waals surface area contributed by atoms with Crippen molar-refractivity contribution >= 4 is 38.2 Å². The maximum Gasteiger partial charge on any atom is 0.254 e. The summed E-state index contributed by atoms with van der Waals surface area (Å²) in [6.07, 6.45) is 1.95. The number of rotatable bonds is 7. The summed E-state index contributed by atoms with van der Waals surface area (Å²) in [7, 11) is -3.27. The van der Waals surface area contributed by atoms with Crippen molar-refractivity contribution in [3.05, 3.63) is 89.2 Å². The third-order valence-corrected chi connectivity index (χ3v) is 8.63. The van der Waals surface area contributed by atoms with Gasteiger partial charge in [-0.2, -0.15) is 4.98 Å². The van der Waals surface area contributed by atoms with E-state index in [4.69, 9.17) is 15.8 Å². The molecule has 3 aromatic heterocycles. The maximum atomic E-state index is 12.2. The van der Waals surface area contributed by atoms with Gasteiger partial charge in [-0.1, -0.05) is 36.4 Å². The number of anilines is 1. The molecular weight excluding hydrogens is 514 g/mol. The summed E-state index contributed by atoms with van der Waals surface area (Å²) in [4.78, 5) is 17.0. The molecule has 1 aliphatic heterocycles. The zero-order valence-corrected chi connectivity index (χ0v) is 22.5. The van der Waals surface area contributed by atoms with Crippen molar-refractivity contribution in [2.45, 2.75) is 25.8 Å². The number of hydrogen-bond donors (Lipinski definition) is 2. The Morgan fingerprint density at radius 2 is 1.87 bits per heavy atom. The molecule has 1 fully saturated rings. The molecule has 1 unspecified atom stereocenters. The van der Waals surface area contributed by atoms with Gasteiger partial charge in [0.25, 0.3) is 5.95 Å². The number of sulfonamides is 1. The van der Waals surface area contributed by atoms with Crippen LogP contribution in [0.1, 0.15) is 39.6 Å². The number of fused-ring (bicyclic) bond motifs is 2. The molecule has 200 valence electrons. The lowest BCUT2D eigenvalue weighted by atomic mass is 10.1. The van der Waals surface area contributed by atoms with Gasteiger partial charge < -0.3 is 11.1 Å². The van der Waals surface area contributed by atoms with E-state index in [1.807, 2.05) is 70.6 Å². The highest BCUT2D eigenvalue weighted by Crippen LogP contribution is 2.32. The van der Waals surface area contributed by atoms with E-state index < -0.39 is 15.9 Å². The fourth-order valence-electron chi connectivity index (χ4n) is 5.43. The molecule has 0 spiro atoms. The highest BCUT2D eigenvalue weighted by atomic mass is 32.2. The number of hydrogen-bond acceptors (Lipinski definition) is 6. The smallest absolute Gasteiger partial charge is 0.254 e. The van der Waals surface area contributed by atoms with E-state index in [-0.39, 0.29) is 5.92 Å². The van der Waals surface area contributed by atoms with Crippen LogP contribution < -0.4 is 11.1 Å². The summed E-state index contributed by atoms with van der Waals surface area (Å²) in [6, 6.07) is 21.4. The minimum Gasteiger partial charge on any atom is -0.366 e. The van der Waals surface area contributed by atoms with Crippen LogP contribution in [0.15, 0.2) is 66.7 Å². The van der Waals surface area contributed by atoms with E-state index in [2.05, 4.69) is 5.32 Å². The molecule has 1 saturated heterocycles. The minimum absolute atomic E-state index is 0.00378. The van der Waals surface area contributed by atoms with Crippen LogP contribution in [0.25, 0.3) is 22.4 Å². The number of aryl methyl sites for hydroxylation is 1. The molecule has 1 amide bonds. The van der Waals surface area contributed by atoms with E-state index in [0.717, 1.165) is 33.4 Å². The zero-order valence-electron chi connectivity index (χ0n) is 21.7. The van der Waals surface area contributed by atoms with Gasteiger partial charge in [0.05, 0.1) is 11.8 Å². The second kappa shape index (κ2) is 9.51. The Morgan fingerprint density at radius 3 is 2.59 bits per heavy atom. The summed E-state index contributed by atoms with van der Waals surface area (Å²) in [5.41, 5.74) is 10.5. The first kappa shape index (κ1) is 25.1. The average Bonchev–Trinajstić information content (AvgIpc) is 3.63. The first-order valence-electron chi connectivity index (χ1n) is 12.7. The third kappa shape index (κ3) is 4.53. The SMILES string of the molecule is Cc1cc2c(C(N)=O)cccc2n1-c1nc(NCc2ccccc2)c2ccc(C3CCN(S(C)(=O)=O)C3)n2n1. The quantitative estimate of drug-likeness (QED) is 0.324. The normalized spacial score (nSPS) is 16.3.